The lowest BCUT2D eigenvalue weighted by Gasteiger charge is -2.21. The lowest BCUT2D eigenvalue weighted by molar-refractivity contribution is 0.280. The molecule has 1 aromatic carbocycles. The Morgan fingerprint density at radius 2 is 1.82 bits per heavy atom. The predicted molar refractivity (Wildman–Crippen MR) is 67.1 cm³/mol. The standard InChI is InChI=1S/C12H17N3O2/c1-14-11-5-3-2-4-10(11)13-12(14)15(6-8-16)7-9-17/h2-5,16-17H,6-9H2,1H3. The van der Waals surface area contributed by atoms with Gasteiger partial charge in [0.05, 0.1) is 24.2 Å². The summed E-state index contributed by atoms with van der Waals surface area (Å²) >= 11 is 0. The average Bonchev–Trinajstić information content (AvgIpc) is 2.67. The molecule has 1 aromatic heterocycles. The van der Waals surface area contributed by atoms with E-state index in [1.807, 2.05) is 40.8 Å². The first-order valence-electron chi connectivity index (χ1n) is 5.66. The molecule has 0 radical (unpaired) electrons. The largest absolute Gasteiger partial charge is 0.395 e. The minimum Gasteiger partial charge on any atom is -0.395 e. The molecule has 0 aliphatic heterocycles. The van der Waals surface area contributed by atoms with E-state index in [1.54, 1.807) is 0 Å². The van der Waals surface area contributed by atoms with Gasteiger partial charge >= 0.3 is 0 Å². The normalized spacial score (nSPS) is 11.0. The smallest absolute Gasteiger partial charge is 0.206 e. The minimum atomic E-state index is 0.0448. The number of hydrogen-bond donors (Lipinski definition) is 2. The maximum atomic E-state index is 9.03. The Morgan fingerprint density at radius 1 is 1.18 bits per heavy atom. The number of imidazole rings is 1. The summed E-state index contributed by atoms with van der Waals surface area (Å²) in [5, 5.41) is 18.1. The Labute approximate surface area is 99.9 Å². The maximum Gasteiger partial charge on any atom is 0.206 e. The topological polar surface area (TPSA) is 61.5 Å². The number of aliphatic hydroxyl groups is 2. The minimum absolute atomic E-state index is 0.0448. The van der Waals surface area contributed by atoms with Gasteiger partial charge in [-0.15, -0.1) is 0 Å². The lowest BCUT2D eigenvalue weighted by Crippen LogP contribution is -2.31. The van der Waals surface area contributed by atoms with E-state index in [-0.39, 0.29) is 13.2 Å². The number of aromatic nitrogens is 2. The molecule has 0 fully saturated rings. The third-order valence-corrected chi connectivity index (χ3v) is 2.79. The van der Waals surface area contributed by atoms with E-state index < -0.39 is 0 Å². The number of aliphatic hydroxyl groups excluding tert-OH is 2. The lowest BCUT2D eigenvalue weighted by atomic mass is 10.3. The Hall–Kier alpha value is -1.59. The van der Waals surface area contributed by atoms with Crippen molar-refractivity contribution in [3.8, 4) is 0 Å². The van der Waals surface area contributed by atoms with Crippen molar-refractivity contribution in [1.82, 2.24) is 9.55 Å². The number of aryl methyl sites for hydroxylation is 1. The van der Waals surface area contributed by atoms with Crippen molar-refractivity contribution < 1.29 is 10.2 Å². The molecule has 5 heteroatoms. The van der Waals surface area contributed by atoms with Crippen molar-refractivity contribution in [2.45, 2.75) is 0 Å². The van der Waals surface area contributed by atoms with Crippen LogP contribution in [0.25, 0.3) is 11.0 Å². The maximum absolute atomic E-state index is 9.03. The Kier molecular flexibility index (Phi) is 3.61. The Balaban J connectivity index is 2.42. The molecule has 0 atom stereocenters. The van der Waals surface area contributed by atoms with Crippen LogP contribution in [-0.2, 0) is 7.05 Å². The quantitative estimate of drug-likeness (QED) is 0.785. The molecule has 0 saturated heterocycles. The summed E-state index contributed by atoms with van der Waals surface area (Å²) in [6.07, 6.45) is 0. The van der Waals surface area contributed by atoms with Gasteiger partial charge in [-0.1, -0.05) is 12.1 Å². The highest BCUT2D eigenvalue weighted by molar-refractivity contribution is 5.78. The van der Waals surface area contributed by atoms with Crippen molar-refractivity contribution in [1.29, 1.82) is 0 Å². The van der Waals surface area contributed by atoms with Gasteiger partial charge in [0.15, 0.2) is 0 Å². The van der Waals surface area contributed by atoms with Crippen LogP contribution >= 0.6 is 0 Å². The summed E-state index contributed by atoms with van der Waals surface area (Å²) in [5.41, 5.74) is 1.97. The molecule has 2 rings (SSSR count). The molecular weight excluding hydrogens is 218 g/mol. The van der Waals surface area contributed by atoms with Crippen molar-refractivity contribution >= 4 is 17.0 Å². The van der Waals surface area contributed by atoms with Gasteiger partial charge in [-0.3, -0.25) is 0 Å². The van der Waals surface area contributed by atoms with Gasteiger partial charge in [-0.25, -0.2) is 4.98 Å². The molecule has 0 aliphatic carbocycles. The molecule has 2 aromatic rings. The highest BCUT2D eigenvalue weighted by Crippen LogP contribution is 2.20. The van der Waals surface area contributed by atoms with Crippen LogP contribution in [0, 0.1) is 0 Å². The first kappa shape index (κ1) is 11.9. The molecule has 1 heterocycles. The van der Waals surface area contributed by atoms with E-state index in [9.17, 15) is 0 Å². The summed E-state index contributed by atoms with van der Waals surface area (Å²) in [4.78, 5) is 6.39. The molecule has 0 bridgehead atoms. The van der Waals surface area contributed by atoms with Gasteiger partial charge in [-0.2, -0.15) is 0 Å². The van der Waals surface area contributed by atoms with E-state index >= 15 is 0 Å². The van der Waals surface area contributed by atoms with Crippen LogP contribution in [0.15, 0.2) is 24.3 Å². The van der Waals surface area contributed by atoms with Crippen LogP contribution in [-0.4, -0.2) is 46.1 Å². The fourth-order valence-electron chi connectivity index (χ4n) is 1.97. The summed E-state index contributed by atoms with van der Waals surface area (Å²) in [5.74, 6) is 0.773. The monoisotopic (exact) mass is 235 g/mol. The van der Waals surface area contributed by atoms with E-state index in [0.717, 1.165) is 17.0 Å². The number of anilines is 1. The van der Waals surface area contributed by atoms with Crippen LogP contribution in [0.4, 0.5) is 5.95 Å². The van der Waals surface area contributed by atoms with Gasteiger partial charge in [0.2, 0.25) is 5.95 Å². The van der Waals surface area contributed by atoms with E-state index in [2.05, 4.69) is 4.98 Å². The number of fused-ring (bicyclic) bond motifs is 1. The van der Waals surface area contributed by atoms with Gasteiger partial charge in [0.1, 0.15) is 0 Å². The number of para-hydroxylation sites is 2. The van der Waals surface area contributed by atoms with Gasteiger partial charge in [0.25, 0.3) is 0 Å². The third kappa shape index (κ3) is 2.25. The van der Waals surface area contributed by atoms with Crippen molar-refractivity contribution in [3.63, 3.8) is 0 Å². The summed E-state index contributed by atoms with van der Waals surface area (Å²) in [6.45, 7) is 1.03. The highest BCUT2D eigenvalue weighted by Gasteiger charge is 2.13. The van der Waals surface area contributed by atoms with Crippen molar-refractivity contribution in [3.05, 3.63) is 24.3 Å². The highest BCUT2D eigenvalue weighted by atomic mass is 16.3. The predicted octanol–water partition coefficient (Wildman–Crippen LogP) is 0.364. The van der Waals surface area contributed by atoms with Gasteiger partial charge in [0, 0.05) is 20.1 Å². The molecule has 17 heavy (non-hydrogen) atoms. The molecule has 0 amide bonds. The first-order chi connectivity index (χ1) is 8.27. The zero-order chi connectivity index (χ0) is 12.3. The van der Waals surface area contributed by atoms with Crippen LogP contribution in [0.2, 0.25) is 0 Å². The molecule has 0 unspecified atom stereocenters. The number of nitrogens with zero attached hydrogens (tertiary/aromatic N) is 3. The van der Waals surface area contributed by atoms with Crippen molar-refractivity contribution in [2.75, 3.05) is 31.2 Å². The summed E-state index contributed by atoms with van der Waals surface area (Å²) < 4.78 is 1.97. The van der Waals surface area contributed by atoms with E-state index in [0.29, 0.717) is 13.1 Å². The number of hydrogen-bond acceptors (Lipinski definition) is 4. The van der Waals surface area contributed by atoms with E-state index in [4.69, 9.17) is 10.2 Å². The van der Waals surface area contributed by atoms with E-state index in [1.165, 1.54) is 0 Å². The Morgan fingerprint density at radius 3 is 2.41 bits per heavy atom. The molecule has 0 spiro atoms. The fraction of sp³-hybridized carbons (Fsp3) is 0.417. The first-order valence-corrected chi connectivity index (χ1v) is 5.66. The SMILES string of the molecule is Cn1c(N(CCO)CCO)nc2ccccc21. The Bertz CT molecular complexity index is 489. The van der Waals surface area contributed by atoms with Crippen LogP contribution in [0.3, 0.4) is 0 Å². The van der Waals surface area contributed by atoms with Gasteiger partial charge < -0.3 is 19.7 Å². The molecule has 0 aliphatic rings. The van der Waals surface area contributed by atoms with Gasteiger partial charge in [-0.05, 0) is 12.1 Å². The van der Waals surface area contributed by atoms with Crippen LogP contribution in [0.1, 0.15) is 0 Å². The summed E-state index contributed by atoms with van der Waals surface area (Å²) in [6, 6.07) is 7.87. The molecule has 0 saturated carbocycles. The molecular formula is C12H17N3O2. The van der Waals surface area contributed by atoms with Crippen LogP contribution < -0.4 is 4.90 Å². The average molecular weight is 235 g/mol. The zero-order valence-electron chi connectivity index (χ0n) is 9.87. The second kappa shape index (κ2) is 5.16. The number of benzene rings is 1. The summed E-state index contributed by atoms with van der Waals surface area (Å²) in [7, 11) is 1.94. The molecule has 2 N–H and O–H groups in total. The molecule has 92 valence electrons. The second-order valence-electron chi connectivity index (χ2n) is 3.89. The molecule has 5 nitrogen and oxygen atoms in total. The van der Waals surface area contributed by atoms with Crippen LogP contribution in [0.5, 0.6) is 0 Å². The fourth-order valence-corrected chi connectivity index (χ4v) is 1.97. The van der Waals surface area contributed by atoms with Crippen molar-refractivity contribution in [2.24, 2.45) is 7.05 Å². The second-order valence-corrected chi connectivity index (χ2v) is 3.89. The zero-order valence-corrected chi connectivity index (χ0v) is 9.87. The third-order valence-electron chi connectivity index (χ3n) is 2.79. The number of rotatable bonds is 5.